The minimum Gasteiger partial charge on any atom is -0.378 e. The van der Waals surface area contributed by atoms with E-state index in [4.69, 9.17) is 0 Å². The Morgan fingerprint density at radius 1 is 1.05 bits per heavy atom. The highest BCUT2D eigenvalue weighted by Gasteiger charge is 2.09. The average Bonchev–Trinajstić information content (AvgIpc) is 2.42. The summed E-state index contributed by atoms with van der Waals surface area (Å²) in [6, 6.07) is 13.6. The molecule has 0 aliphatic rings. The molecule has 0 aliphatic carbocycles. The van der Waals surface area contributed by atoms with Crippen LogP contribution in [0.1, 0.15) is 21.5 Å². The first-order valence-corrected chi connectivity index (χ1v) is 6.63. The lowest BCUT2D eigenvalue weighted by molar-refractivity contribution is 0.102. The van der Waals surface area contributed by atoms with Gasteiger partial charge in [0.1, 0.15) is 0 Å². The van der Waals surface area contributed by atoms with Crippen LogP contribution in [0.15, 0.2) is 42.5 Å². The minimum atomic E-state index is -0.0827. The van der Waals surface area contributed by atoms with Crippen molar-refractivity contribution in [1.82, 2.24) is 0 Å². The van der Waals surface area contributed by atoms with E-state index < -0.39 is 0 Å². The van der Waals surface area contributed by atoms with Crippen LogP contribution in [0.5, 0.6) is 0 Å². The molecule has 104 valence electrons. The van der Waals surface area contributed by atoms with Crippen molar-refractivity contribution in [2.75, 3.05) is 24.3 Å². The molecule has 20 heavy (non-hydrogen) atoms. The van der Waals surface area contributed by atoms with Crippen LogP contribution in [0.25, 0.3) is 0 Å². The SMILES string of the molecule is Cc1ccc(NC(=O)c2cccc(N(C)C)c2)c(C)c1. The molecular weight excluding hydrogens is 248 g/mol. The molecular formula is C17H20N2O. The molecule has 0 bridgehead atoms. The first kappa shape index (κ1) is 14.1. The largest absolute Gasteiger partial charge is 0.378 e. The van der Waals surface area contributed by atoms with Crippen molar-refractivity contribution in [1.29, 1.82) is 0 Å². The van der Waals surface area contributed by atoms with Crippen molar-refractivity contribution < 1.29 is 4.79 Å². The molecule has 0 unspecified atom stereocenters. The first-order chi connectivity index (χ1) is 9.47. The van der Waals surface area contributed by atoms with Crippen molar-refractivity contribution in [3.05, 3.63) is 59.2 Å². The number of aryl methyl sites for hydroxylation is 2. The van der Waals surface area contributed by atoms with Crippen molar-refractivity contribution in [2.45, 2.75) is 13.8 Å². The first-order valence-electron chi connectivity index (χ1n) is 6.63. The van der Waals surface area contributed by atoms with Crippen molar-refractivity contribution in [2.24, 2.45) is 0 Å². The van der Waals surface area contributed by atoms with Crippen molar-refractivity contribution in [3.63, 3.8) is 0 Å². The lowest BCUT2D eigenvalue weighted by atomic mass is 10.1. The Morgan fingerprint density at radius 3 is 2.45 bits per heavy atom. The zero-order chi connectivity index (χ0) is 14.7. The third-order valence-corrected chi connectivity index (χ3v) is 3.25. The van der Waals surface area contributed by atoms with Crippen LogP contribution in [0.3, 0.4) is 0 Å². The summed E-state index contributed by atoms with van der Waals surface area (Å²) in [6.07, 6.45) is 0. The van der Waals surface area contributed by atoms with Crippen LogP contribution in [-0.4, -0.2) is 20.0 Å². The van der Waals surface area contributed by atoms with E-state index in [1.165, 1.54) is 5.56 Å². The van der Waals surface area contributed by atoms with Gasteiger partial charge in [0.25, 0.3) is 5.91 Å². The second kappa shape index (κ2) is 5.78. The molecule has 2 aromatic rings. The van der Waals surface area contributed by atoms with Gasteiger partial charge in [-0.3, -0.25) is 4.79 Å². The molecule has 0 fully saturated rings. The molecule has 0 radical (unpaired) electrons. The quantitative estimate of drug-likeness (QED) is 0.922. The topological polar surface area (TPSA) is 32.3 Å². The minimum absolute atomic E-state index is 0.0827. The molecule has 2 rings (SSSR count). The Kier molecular flexibility index (Phi) is 4.08. The predicted octanol–water partition coefficient (Wildman–Crippen LogP) is 3.62. The number of hydrogen-bond acceptors (Lipinski definition) is 2. The van der Waals surface area contributed by atoms with Gasteiger partial charge in [0, 0.05) is 31.0 Å². The van der Waals surface area contributed by atoms with E-state index in [-0.39, 0.29) is 5.91 Å². The standard InChI is InChI=1S/C17H20N2O/c1-12-8-9-16(13(2)10-12)18-17(20)14-6-5-7-15(11-14)19(3)4/h5-11H,1-4H3,(H,18,20). The lowest BCUT2D eigenvalue weighted by Crippen LogP contribution is -2.14. The van der Waals surface area contributed by atoms with E-state index in [2.05, 4.69) is 11.4 Å². The van der Waals surface area contributed by atoms with Crippen LogP contribution >= 0.6 is 0 Å². The summed E-state index contributed by atoms with van der Waals surface area (Å²) >= 11 is 0. The molecule has 0 saturated carbocycles. The van der Waals surface area contributed by atoms with Crippen LogP contribution in [0.4, 0.5) is 11.4 Å². The maximum absolute atomic E-state index is 12.3. The van der Waals surface area contributed by atoms with E-state index in [1.807, 2.05) is 69.2 Å². The second-order valence-corrected chi connectivity index (χ2v) is 5.22. The molecule has 0 atom stereocenters. The molecule has 0 spiro atoms. The normalized spacial score (nSPS) is 10.2. The van der Waals surface area contributed by atoms with Gasteiger partial charge in [-0.15, -0.1) is 0 Å². The highest BCUT2D eigenvalue weighted by molar-refractivity contribution is 6.05. The van der Waals surface area contributed by atoms with Gasteiger partial charge in [-0.25, -0.2) is 0 Å². The smallest absolute Gasteiger partial charge is 0.255 e. The molecule has 0 heterocycles. The van der Waals surface area contributed by atoms with E-state index in [1.54, 1.807) is 0 Å². The van der Waals surface area contributed by atoms with Gasteiger partial charge >= 0.3 is 0 Å². The lowest BCUT2D eigenvalue weighted by Gasteiger charge is -2.14. The van der Waals surface area contributed by atoms with E-state index in [0.29, 0.717) is 5.56 Å². The summed E-state index contributed by atoms with van der Waals surface area (Å²) < 4.78 is 0. The van der Waals surface area contributed by atoms with Gasteiger partial charge in [0.2, 0.25) is 0 Å². The summed E-state index contributed by atoms with van der Waals surface area (Å²) in [5, 5.41) is 2.96. The van der Waals surface area contributed by atoms with Gasteiger partial charge in [-0.05, 0) is 43.7 Å². The van der Waals surface area contributed by atoms with E-state index in [9.17, 15) is 4.79 Å². The third kappa shape index (κ3) is 3.18. The Balaban J connectivity index is 2.21. The predicted molar refractivity (Wildman–Crippen MR) is 84.6 cm³/mol. The number of amides is 1. The Morgan fingerprint density at radius 2 is 1.80 bits per heavy atom. The summed E-state index contributed by atoms with van der Waals surface area (Å²) in [5.41, 5.74) is 4.79. The zero-order valence-electron chi connectivity index (χ0n) is 12.4. The molecule has 0 saturated heterocycles. The fourth-order valence-electron chi connectivity index (χ4n) is 2.07. The number of carbonyl (C=O) groups excluding carboxylic acids is 1. The Hall–Kier alpha value is -2.29. The number of benzene rings is 2. The molecule has 1 N–H and O–H groups in total. The molecule has 3 nitrogen and oxygen atoms in total. The maximum atomic E-state index is 12.3. The highest BCUT2D eigenvalue weighted by atomic mass is 16.1. The summed E-state index contributed by atoms with van der Waals surface area (Å²) in [7, 11) is 3.92. The zero-order valence-corrected chi connectivity index (χ0v) is 12.4. The van der Waals surface area contributed by atoms with Crippen LogP contribution in [-0.2, 0) is 0 Å². The Bertz CT molecular complexity index is 633. The van der Waals surface area contributed by atoms with Gasteiger partial charge in [0.05, 0.1) is 0 Å². The van der Waals surface area contributed by atoms with Crippen molar-refractivity contribution >= 4 is 17.3 Å². The van der Waals surface area contributed by atoms with Gasteiger partial charge < -0.3 is 10.2 Å². The number of nitrogens with one attached hydrogen (secondary N) is 1. The summed E-state index contributed by atoms with van der Waals surface area (Å²) in [5.74, 6) is -0.0827. The van der Waals surface area contributed by atoms with Gasteiger partial charge in [0.15, 0.2) is 0 Å². The average molecular weight is 268 g/mol. The third-order valence-electron chi connectivity index (χ3n) is 3.25. The number of nitrogens with zero attached hydrogens (tertiary/aromatic N) is 1. The summed E-state index contributed by atoms with van der Waals surface area (Å²) in [6.45, 7) is 4.04. The highest BCUT2D eigenvalue weighted by Crippen LogP contribution is 2.19. The Labute approximate surface area is 120 Å². The molecule has 1 amide bonds. The second-order valence-electron chi connectivity index (χ2n) is 5.22. The number of hydrogen-bond donors (Lipinski definition) is 1. The van der Waals surface area contributed by atoms with E-state index in [0.717, 1.165) is 16.9 Å². The van der Waals surface area contributed by atoms with Crippen LogP contribution in [0.2, 0.25) is 0 Å². The molecule has 0 aromatic heterocycles. The molecule has 2 aromatic carbocycles. The fourth-order valence-corrected chi connectivity index (χ4v) is 2.07. The maximum Gasteiger partial charge on any atom is 0.255 e. The van der Waals surface area contributed by atoms with Crippen molar-refractivity contribution in [3.8, 4) is 0 Å². The monoisotopic (exact) mass is 268 g/mol. The van der Waals surface area contributed by atoms with Crippen LogP contribution < -0.4 is 10.2 Å². The van der Waals surface area contributed by atoms with Crippen LogP contribution in [0, 0.1) is 13.8 Å². The van der Waals surface area contributed by atoms with E-state index >= 15 is 0 Å². The number of anilines is 2. The molecule has 3 heteroatoms. The van der Waals surface area contributed by atoms with Gasteiger partial charge in [-0.2, -0.15) is 0 Å². The summed E-state index contributed by atoms with van der Waals surface area (Å²) in [4.78, 5) is 14.3. The number of rotatable bonds is 3. The number of carbonyl (C=O) groups is 1. The molecule has 0 aliphatic heterocycles. The van der Waals surface area contributed by atoms with Gasteiger partial charge in [-0.1, -0.05) is 23.8 Å². The fraction of sp³-hybridized carbons (Fsp3) is 0.235.